The fourth-order valence-corrected chi connectivity index (χ4v) is 7.12. The molecule has 3 heterocycles. The minimum atomic E-state index is -4.38. The number of sulfonamides is 1. The van der Waals surface area contributed by atoms with Crippen LogP contribution in [0.15, 0.2) is 41.3 Å². The molecule has 17 heteroatoms. The van der Waals surface area contributed by atoms with Crippen molar-refractivity contribution in [3.05, 3.63) is 64.9 Å². The smallest absolute Gasteiger partial charge is 0.435 e. The van der Waals surface area contributed by atoms with Gasteiger partial charge in [-0.2, -0.15) is 8.99 Å². The summed E-state index contributed by atoms with van der Waals surface area (Å²) in [7, 11) is -0.732. The number of benzene rings is 2. The molecule has 0 aliphatic carbocycles. The minimum absolute atomic E-state index is 0.000659. The minimum Gasteiger partial charge on any atom is -0.445 e. The van der Waals surface area contributed by atoms with Gasteiger partial charge in [0, 0.05) is 89.0 Å². The lowest BCUT2D eigenvalue weighted by molar-refractivity contribution is 0.0777. The molecule has 266 valence electrons. The van der Waals surface area contributed by atoms with Gasteiger partial charge < -0.3 is 34.6 Å². The van der Waals surface area contributed by atoms with Crippen LogP contribution in [0.2, 0.25) is 0 Å². The Labute approximate surface area is 283 Å². The fraction of sp³-hybridized carbons (Fsp3) is 0.469. The Morgan fingerprint density at radius 2 is 1.71 bits per heavy atom. The van der Waals surface area contributed by atoms with Crippen LogP contribution in [0, 0.1) is 11.6 Å². The van der Waals surface area contributed by atoms with Crippen LogP contribution in [-0.4, -0.2) is 119 Å². The Morgan fingerprint density at radius 3 is 2.41 bits per heavy atom. The molecule has 0 bridgehead atoms. The summed E-state index contributed by atoms with van der Waals surface area (Å²) in [6.45, 7) is 6.15. The van der Waals surface area contributed by atoms with E-state index in [1.54, 1.807) is 20.1 Å². The standard InChI is InChI=1S/C32H41F2N7O7S/c1-4-47-15-16-48-32(43)41-29-7-9-40(49(44,45)25-18-22(33)17-23(34)19-25)21-27(29)30(37-41)36-31(42)26-6-5-24(20-28(26)35-8-14-46-3)39-12-10-38(2)11-13-39/h5-6,17-20,35H,4,7-16,21H2,1-3H3,(H,36,37,42). The van der Waals surface area contributed by atoms with Crippen LogP contribution in [0.1, 0.15) is 28.5 Å². The van der Waals surface area contributed by atoms with E-state index in [0.717, 1.165) is 53.0 Å². The number of nitrogens with one attached hydrogen (secondary N) is 2. The van der Waals surface area contributed by atoms with Crippen molar-refractivity contribution >= 4 is 39.2 Å². The number of aromatic nitrogens is 2. The molecule has 2 aliphatic rings. The molecule has 49 heavy (non-hydrogen) atoms. The van der Waals surface area contributed by atoms with Gasteiger partial charge in [-0.25, -0.2) is 22.0 Å². The number of hydrogen-bond donors (Lipinski definition) is 2. The number of anilines is 3. The average Bonchev–Trinajstić information content (AvgIpc) is 3.44. The second-order valence-electron chi connectivity index (χ2n) is 11.6. The van der Waals surface area contributed by atoms with Crippen molar-refractivity contribution in [2.24, 2.45) is 0 Å². The van der Waals surface area contributed by atoms with Crippen molar-refractivity contribution < 1.29 is 41.0 Å². The number of fused-ring (bicyclic) bond motifs is 1. The van der Waals surface area contributed by atoms with Gasteiger partial charge >= 0.3 is 6.09 Å². The van der Waals surface area contributed by atoms with E-state index < -0.39 is 38.6 Å². The molecule has 14 nitrogen and oxygen atoms in total. The van der Waals surface area contributed by atoms with Gasteiger partial charge in [0.05, 0.1) is 29.4 Å². The number of piperazine rings is 1. The maximum absolute atomic E-state index is 14.0. The third kappa shape index (κ3) is 8.53. The molecule has 5 rings (SSSR count). The van der Waals surface area contributed by atoms with Crippen molar-refractivity contribution in [3.63, 3.8) is 0 Å². The summed E-state index contributed by atoms with van der Waals surface area (Å²) in [6, 6.07) is 7.50. The Hall–Kier alpha value is -4.16. The van der Waals surface area contributed by atoms with E-state index in [0.29, 0.717) is 37.2 Å². The third-order valence-electron chi connectivity index (χ3n) is 8.30. The number of amides is 1. The second kappa shape index (κ2) is 16.0. The lowest BCUT2D eigenvalue weighted by Crippen LogP contribution is -2.44. The molecular formula is C32H41F2N7O7S. The first kappa shape index (κ1) is 36.1. The van der Waals surface area contributed by atoms with Crippen molar-refractivity contribution in [3.8, 4) is 0 Å². The number of rotatable bonds is 13. The van der Waals surface area contributed by atoms with Gasteiger partial charge in [0.1, 0.15) is 18.2 Å². The van der Waals surface area contributed by atoms with Crippen LogP contribution in [0.4, 0.5) is 30.8 Å². The molecule has 1 fully saturated rings. The quantitative estimate of drug-likeness (QED) is 0.253. The number of carbonyl (C=O) groups is 2. The first-order valence-corrected chi connectivity index (χ1v) is 17.4. The van der Waals surface area contributed by atoms with Crippen LogP contribution in [0.5, 0.6) is 0 Å². The SMILES string of the molecule is CCOCCOC(=O)n1nc(NC(=O)c2ccc(N3CCN(C)CC3)cc2NCCOC)c2c1CCN(S(=O)(=O)c1cc(F)cc(F)c1)C2. The van der Waals surface area contributed by atoms with Crippen molar-refractivity contribution in [1.29, 1.82) is 0 Å². The molecule has 2 aromatic carbocycles. The van der Waals surface area contributed by atoms with Gasteiger partial charge in [0.25, 0.3) is 5.91 Å². The van der Waals surface area contributed by atoms with Crippen LogP contribution in [0.3, 0.4) is 0 Å². The van der Waals surface area contributed by atoms with Crippen molar-refractivity contribution in [1.82, 2.24) is 19.0 Å². The number of halogens is 2. The van der Waals surface area contributed by atoms with Crippen molar-refractivity contribution in [2.75, 3.05) is 95.4 Å². The average molecular weight is 706 g/mol. The third-order valence-corrected chi connectivity index (χ3v) is 10.1. The first-order valence-electron chi connectivity index (χ1n) is 16.0. The number of hydrogen-bond acceptors (Lipinski definition) is 11. The van der Waals surface area contributed by atoms with E-state index >= 15 is 0 Å². The predicted molar refractivity (Wildman–Crippen MR) is 178 cm³/mol. The molecule has 1 saturated heterocycles. The summed E-state index contributed by atoms with van der Waals surface area (Å²) in [5.74, 6) is -2.70. The molecule has 1 amide bonds. The van der Waals surface area contributed by atoms with E-state index in [9.17, 15) is 26.8 Å². The second-order valence-corrected chi connectivity index (χ2v) is 13.5. The molecule has 2 aliphatic heterocycles. The van der Waals surface area contributed by atoms with Gasteiger partial charge in [-0.1, -0.05) is 0 Å². The Balaban J connectivity index is 1.46. The Bertz CT molecular complexity index is 1740. The molecule has 1 aromatic heterocycles. The van der Waals surface area contributed by atoms with Crippen LogP contribution < -0.4 is 15.5 Å². The van der Waals surface area contributed by atoms with E-state index in [4.69, 9.17) is 14.2 Å². The summed E-state index contributed by atoms with van der Waals surface area (Å²) < 4.78 is 72.7. The molecule has 0 atom stereocenters. The van der Waals surface area contributed by atoms with Gasteiger partial charge in [0.2, 0.25) is 10.0 Å². The Morgan fingerprint density at radius 1 is 0.980 bits per heavy atom. The summed E-state index contributed by atoms with van der Waals surface area (Å²) in [6.07, 6.45) is -0.835. The fourth-order valence-electron chi connectivity index (χ4n) is 5.67. The van der Waals surface area contributed by atoms with Gasteiger partial charge in [-0.15, -0.1) is 5.10 Å². The van der Waals surface area contributed by atoms with Gasteiger partial charge in [0.15, 0.2) is 5.82 Å². The molecule has 0 saturated carbocycles. The molecule has 0 radical (unpaired) electrons. The highest BCUT2D eigenvalue weighted by Crippen LogP contribution is 2.32. The number of nitrogens with zero attached hydrogens (tertiary/aromatic N) is 5. The van der Waals surface area contributed by atoms with Crippen LogP contribution in [-0.2, 0) is 37.2 Å². The summed E-state index contributed by atoms with van der Waals surface area (Å²) in [4.78, 5) is 30.9. The first-order chi connectivity index (χ1) is 23.5. The number of carbonyl (C=O) groups excluding carboxylic acids is 2. The number of methoxy groups -OCH3 is 1. The summed E-state index contributed by atoms with van der Waals surface area (Å²) >= 11 is 0. The zero-order chi connectivity index (χ0) is 35.1. The summed E-state index contributed by atoms with van der Waals surface area (Å²) in [5, 5.41) is 10.4. The highest BCUT2D eigenvalue weighted by molar-refractivity contribution is 7.89. The van der Waals surface area contributed by atoms with E-state index in [1.807, 2.05) is 12.1 Å². The van der Waals surface area contributed by atoms with E-state index in [2.05, 4.69) is 32.6 Å². The molecular weight excluding hydrogens is 664 g/mol. The normalized spacial score (nSPS) is 15.6. The molecule has 2 N–H and O–H groups in total. The zero-order valence-corrected chi connectivity index (χ0v) is 28.5. The van der Waals surface area contributed by atoms with E-state index in [-0.39, 0.29) is 49.7 Å². The summed E-state index contributed by atoms with van der Waals surface area (Å²) in [5.41, 5.74) is 2.34. The van der Waals surface area contributed by atoms with Crippen LogP contribution >= 0.6 is 0 Å². The number of likely N-dealkylation sites (N-methyl/N-ethyl adjacent to an activating group) is 1. The predicted octanol–water partition coefficient (Wildman–Crippen LogP) is 2.99. The lowest BCUT2D eigenvalue weighted by atomic mass is 10.1. The highest BCUT2D eigenvalue weighted by Gasteiger charge is 2.35. The van der Waals surface area contributed by atoms with Crippen molar-refractivity contribution in [2.45, 2.75) is 24.8 Å². The maximum Gasteiger partial charge on any atom is 0.435 e. The zero-order valence-electron chi connectivity index (χ0n) is 27.7. The lowest BCUT2D eigenvalue weighted by Gasteiger charge is -2.34. The topological polar surface area (TPSA) is 148 Å². The highest BCUT2D eigenvalue weighted by atomic mass is 32.2. The monoisotopic (exact) mass is 705 g/mol. The Kier molecular flexibility index (Phi) is 11.8. The molecule has 0 spiro atoms. The van der Waals surface area contributed by atoms with Crippen LogP contribution in [0.25, 0.3) is 0 Å². The largest absolute Gasteiger partial charge is 0.445 e. The van der Waals surface area contributed by atoms with Gasteiger partial charge in [-0.05, 0) is 44.3 Å². The van der Waals surface area contributed by atoms with Gasteiger partial charge in [-0.3, -0.25) is 4.79 Å². The number of ether oxygens (including phenoxy) is 3. The maximum atomic E-state index is 14.0. The van der Waals surface area contributed by atoms with E-state index in [1.165, 1.54) is 0 Å². The molecule has 3 aromatic rings. The molecule has 0 unspecified atom stereocenters.